The molecule has 1 aromatic carbocycles. The van der Waals surface area contributed by atoms with Gasteiger partial charge in [-0.15, -0.1) is 5.10 Å². The third-order valence-electron chi connectivity index (χ3n) is 5.45. The van der Waals surface area contributed by atoms with Gasteiger partial charge >= 0.3 is 6.18 Å². The number of rotatable bonds is 5. The van der Waals surface area contributed by atoms with Crippen molar-refractivity contribution < 1.29 is 22.7 Å². The molecule has 1 aromatic heterocycles. The number of benzene rings is 1. The van der Waals surface area contributed by atoms with Crippen molar-refractivity contribution in [2.45, 2.75) is 51.4 Å². The van der Waals surface area contributed by atoms with E-state index in [2.05, 4.69) is 10.4 Å². The number of methoxy groups -OCH3 is 1. The van der Waals surface area contributed by atoms with Gasteiger partial charge in [-0.25, -0.2) is 0 Å². The van der Waals surface area contributed by atoms with Crippen LogP contribution in [-0.2, 0) is 12.7 Å². The van der Waals surface area contributed by atoms with Gasteiger partial charge in [0.25, 0.3) is 11.8 Å². The molecule has 5 nitrogen and oxygen atoms in total. The van der Waals surface area contributed by atoms with Crippen LogP contribution in [0.1, 0.15) is 47.3 Å². The average Bonchev–Trinajstić information content (AvgIpc) is 2.96. The minimum absolute atomic E-state index is 0.00540. The third kappa shape index (κ3) is 5.03. The topological polar surface area (TPSA) is 56.1 Å². The Morgan fingerprint density at radius 1 is 1.27 bits per heavy atom. The van der Waals surface area contributed by atoms with Gasteiger partial charge in [-0.1, -0.05) is 23.2 Å². The molecule has 1 aliphatic rings. The summed E-state index contributed by atoms with van der Waals surface area (Å²) in [6, 6.07) is 2.64. The van der Waals surface area contributed by atoms with Crippen LogP contribution in [0.4, 0.5) is 13.2 Å². The second-order valence-electron chi connectivity index (χ2n) is 7.47. The van der Waals surface area contributed by atoms with E-state index in [0.29, 0.717) is 23.4 Å². The van der Waals surface area contributed by atoms with Crippen LogP contribution >= 0.6 is 23.2 Å². The Bertz CT molecular complexity index is 923. The molecule has 0 atom stereocenters. The Hall–Kier alpha value is -1.93. The number of hydrogen-bond acceptors (Lipinski definition) is 3. The molecule has 3 rings (SSSR count). The van der Waals surface area contributed by atoms with Crippen molar-refractivity contribution in [3.05, 3.63) is 45.1 Å². The van der Waals surface area contributed by atoms with Gasteiger partial charge in [0.2, 0.25) is 0 Å². The largest absolute Gasteiger partial charge is 0.479 e. The van der Waals surface area contributed by atoms with E-state index in [9.17, 15) is 18.0 Å². The lowest BCUT2D eigenvalue weighted by atomic mass is 9.86. The van der Waals surface area contributed by atoms with Gasteiger partial charge in [-0.2, -0.15) is 13.2 Å². The Labute approximate surface area is 182 Å². The zero-order valence-electron chi connectivity index (χ0n) is 16.5. The minimum atomic E-state index is -4.53. The molecule has 1 fully saturated rings. The maximum absolute atomic E-state index is 12.9. The fourth-order valence-electron chi connectivity index (χ4n) is 3.68. The minimum Gasteiger partial charge on any atom is -0.479 e. The van der Waals surface area contributed by atoms with Crippen molar-refractivity contribution in [3.63, 3.8) is 0 Å². The second-order valence-corrected chi connectivity index (χ2v) is 8.26. The molecule has 0 aliphatic heterocycles. The van der Waals surface area contributed by atoms with E-state index >= 15 is 0 Å². The van der Waals surface area contributed by atoms with Crippen molar-refractivity contribution >= 4 is 29.1 Å². The van der Waals surface area contributed by atoms with Crippen LogP contribution in [0.15, 0.2) is 18.2 Å². The molecule has 2 aromatic rings. The Kier molecular flexibility index (Phi) is 6.87. The first-order valence-electron chi connectivity index (χ1n) is 9.54. The zero-order chi connectivity index (χ0) is 22.1. The van der Waals surface area contributed by atoms with Gasteiger partial charge in [0.15, 0.2) is 0 Å². The lowest BCUT2D eigenvalue weighted by Crippen LogP contribution is -2.38. The van der Waals surface area contributed by atoms with Crippen molar-refractivity contribution in [2.24, 2.45) is 5.92 Å². The van der Waals surface area contributed by atoms with Crippen LogP contribution < -0.4 is 10.1 Å². The molecule has 10 heteroatoms. The van der Waals surface area contributed by atoms with Crippen LogP contribution in [0.3, 0.4) is 0 Å². The molecule has 164 valence electrons. The summed E-state index contributed by atoms with van der Waals surface area (Å²) in [4.78, 5) is 12.5. The predicted octanol–water partition coefficient (Wildman–Crippen LogP) is 5.51. The van der Waals surface area contributed by atoms with Crippen molar-refractivity contribution in [2.75, 3.05) is 7.11 Å². The lowest BCUT2D eigenvalue weighted by molar-refractivity contribution is -0.137. The van der Waals surface area contributed by atoms with Crippen molar-refractivity contribution in [1.82, 2.24) is 15.1 Å². The SMILES string of the molecule is COc1nn(C[C@H]2CC[C@H](NC(=O)c3cc(C(F)(F)F)ccc3Cl)CC2)c(C)c1Cl. The molecule has 1 amide bonds. The van der Waals surface area contributed by atoms with Crippen molar-refractivity contribution in [1.29, 1.82) is 0 Å². The number of halogens is 5. The standard InChI is InChI=1S/C20H22Cl2F3N3O2/c1-11-17(22)19(30-2)27-28(11)10-12-3-6-14(7-4-12)26-18(29)15-9-13(20(23,24)25)5-8-16(15)21/h5,8-9,12,14H,3-4,6-7,10H2,1-2H3,(H,26,29)/t12-,14-. The molecule has 1 aliphatic carbocycles. The van der Waals surface area contributed by atoms with Crippen LogP contribution in [0.5, 0.6) is 5.88 Å². The lowest BCUT2D eigenvalue weighted by Gasteiger charge is -2.29. The summed E-state index contributed by atoms with van der Waals surface area (Å²) < 4.78 is 45.7. The number of ether oxygens (including phenoxy) is 1. The molecule has 1 N–H and O–H groups in total. The van der Waals surface area contributed by atoms with Crippen LogP contribution in [0.25, 0.3) is 0 Å². The van der Waals surface area contributed by atoms with Crippen LogP contribution in [-0.4, -0.2) is 28.8 Å². The smallest absolute Gasteiger partial charge is 0.416 e. The molecule has 0 saturated heterocycles. The van der Waals surface area contributed by atoms with E-state index in [1.54, 1.807) is 0 Å². The number of carbonyl (C=O) groups excluding carboxylic acids is 1. The number of hydrogen-bond donors (Lipinski definition) is 1. The molecule has 0 spiro atoms. The fraction of sp³-hybridized carbons (Fsp3) is 0.500. The summed E-state index contributed by atoms with van der Waals surface area (Å²) in [5, 5.41) is 7.66. The first kappa shape index (κ1) is 22.7. The summed E-state index contributed by atoms with van der Waals surface area (Å²) in [6.45, 7) is 2.57. The normalized spacial score (nSPS) is 19.6. The number of aromatic nitrogens is 2. The number of nitrogens with one attached hydrogen (secondary N) is 1. The van der Waals surface area contributed by atoms with Gasteiger partial charge in [0.05, 0.1) is 29.0 Å². The van der Waals surface area contributed by atoms with Gasteiger partial charge in [0.1, 0.15) is 5.02 Å². The first-order chi connectivity index (χ1) is 14.1. The quantitative estimate of drug-likeness (QED) is 0.635. The average molecular weight is 464 g/mol. The highest BCUT2D eigenvalue weighted by Crippen LogP contribution is 2.33. The maximum atomic E-state index is 12.9. The summed E-state index contributed by atoms with van der Waals surface area (Å²) in [5.74, 6) is 0.164. The summed E-state index contributed by atoms with van der Waals surface area (Å²) in [6.07, 6.45) is -1.40. The number of nitrogens with zero attached hydrogens (tertiary/aromatic N) is 2. The molecule has 1 heterocycles. The maximum Gasteiger partial charge on any atom is 0.416 e. The molecular weight excluding hydrogens is 442 g/mol. The molecule has 1 saturated carbocycles. The van der Waals surface area contributed by atoms with Crippen molar-refractivity contribution in [3.8, 4) is 5.88 Å². The van der Waals surface area contributed by atoms with E-state index in [4.69, 9.17) is 27.9 Å². The fourth-order valence-corrected chi connectivity index (χ4v) is 4.09. The van der Waals surface area contributed by atoms with E-state index in [1.165, 1.54) is 7.11 Å². The van der Waals surface area contributed by atoms with Gasteiger partial charge in [-0.3, -0.25) is 9.48 Å². The molecule has 0 unspecified atom stereocenters. The Morgan fingerprint density at radius 3 is 2.50 bits per heavy atom. The third-order valence-corrected chi connectivity index (χ3v) is 6.21. The molecule has 30 heavy (non-hydrogen) atoms. The highest BCUT2D eigenvalue weighted by atomic mass is 35.5. The van der Waals surface area contributed by atoms with Crippen LogP contribution in [0, 0.1) is 12.8 Å². The van der Waals surface area contributed by atoms with E-state index in [-0.39, 0.29) is 16.6 Å². The predicted molar refractivity (Wildman–Crippen MR) is 108 cm³/mol. The molecule has 0 radical (unpaired) electrons. The summed E-state index contributed by atoms with van der Waals surface area (Å²) in [7, 11) is 1.52. The monoisotopic (exact) mass is 463 g/mol. The van der Waals surface area contributed by atoms with E-state index in [0.717, 1.165) is 49.6 Å². The summed E-state index contributed by atoms with van der Waals surface area (Å²) >= 11 is 12.1. The van der Waals surface area contributed by atoms with Crippen LogP contribution in [0.2, 0.25) is 10.0 Å². The number of alkyl halides is 3. The van der Waals surface area contributed by atoms with E-state index in [1.807, 2.05) is 11.6 Å². The molecule has 0 bridgehead atoms. The van der Waals surface area contributed by atoms with Gasteiger partial charge < -0.3 is 10.1 Å². The van der Waals surface area contributed by atoms with Gasteiger partial charge in [0, 0.05) is 12.6 Å². The molecular formula is C20H22Cl2F3N3O2. The number of amides is 1. The first-order valence-corrected chi connectivity index (χ1v) is 10.3. The Balaban J connectivity index is 1.58. The zero-order valence-corrected chi connectivity index (χ0v) is 18.0. The highest BCUT2D eigenvalue weighted by Gasteiger charge is 2.32. The highest BCUT2D eigenvalue weighted by molar-refractivity contribution is 6.34. The van der Waals surface area contributed by atoms with Gasteiger partial charge in [-0.05, 0) is 56.7 Å². The summed E-state index contributed by atoms with van der Waals surface area (Å²) in [5.41, 5.74) is -0.227. The number of carbonyl (C=O) groups is 1. The van der Waals surface area contributed by atoms with E-state index < -0.39 is 17.6 Å². The Morgan fingerprint density at radius 2 is 1.93 bits per heavy atom. The second kappa shape index (κ2) is 9.06.